The fourth-order valence-corrected chi connectivity index (χ4v) is 2.38. The summed E-state index contributed by atoms with van der Waals surface area (Å²) < 4.78 is 0. The molecule has 0 aromatic heterocycles. The third-order valence-electron chi connectivity index (χ3n) is 3.04. The zero-order valence-electron chi connectivity index (χ0n) is 10.4. The van der Waals surface area contributed by atoms with Crippen LogP contribution in [0.15, 0.2) is 52.3 Å². The Kier molecular flexibility index (Phi) is 3.87. The van der Waals surface area contributed by atoms with Crippen LogP contribution in [0.5, 0.6) is 0 Å². The predicted octanol–water partition coefficient (Wildman–Crippen LogP) is 1.61. The molecule has 2 rings (SSSR count). The van der Waals surface area contributed by atoms with Crippen molar-refractivity contribution in [3.05, 3.63) is 57.9 Å². The quantitative estimate of drug-likeness (QED) is 0.806. The number of allylic oxidation sites excluding steroid dienone is 2. The minimum absolute atomic E-state index is 0.000481. The monoisotopic (exact) mass is 286 g/mol. The molecular formula is C14H11ClN4O. The third-order valence-corrected chi connectivity index (χ3v) is 3.38. The number of hydrogen-bond donors (Lipinski definition) is 2. The van der Waals surface area contributed by atoms with Crippen molar-refractivity contribution >= 4 is 23.7 Å². The first kappa shape index (κ1) is 13.8. The van der Waals surface area contributed by atoms with Gasteiger partial charge in [0.1, 0.15) is 11.5 Å². The summed E-state index contributed by atoms with van der Waals surface area (Å²) in [6.45, 7) is 0. The van der Waals surface area contributed by atoms with E-state index in [2.05, 4.69) is 4.99 Å². The summed E-state index contributed by atoms with van der Waals surface area (Å²) in [5.74, 6) is -0.477. The zero-order chi connectivity index (χ0) is 14.7. The molecule has 1 atom stereocenters. The van der Waals surface area contributed by atoms with Gasteiger partial charge in [0.05, 0.1) is 17.6 Å². The lowest BCUT2D eigenvalue weighted by Crippen LogP contribution is -2.27. The minimum Gasteiger partial charge on any atom is -0.404 e. The second-order valence-corrected chi connectivity index (χ2v) is 4.51. The van der Waals surface area contributed by atoms with E-state index in [-0.39, 0.29) is 17.1 Å². The maximum atomic E-state index is 11.1. The average Bonchev–Trinajstić information content (AvgIpc) is 2.46. The van der Waals surface area contributed by atoms with E-state index >= 15 is 0 Å². The van der Waals surface area contributed by atoms with Gasteiger partial charge in [-0.15, -0.1) is 0 Å². The van der Waals surface area contributed by atoms with Crippen LogP contribution in [0.1, 0.15) is 11.5 Å². The van der Waals surface area contributed by atoms with Gasteiger partial charge in [-0.2, -0.15) is 5.26 Å². The maximum absolute atomic E-state index is 11.1. The standard InChI is InChI=1S/C14H11ClN4O/c15-11-4-2-1-3-8(11)13-9(5-16)12(7-20)19-14(18)10(13)6-17/h1-4,6-7,13H,17H2,(H2,18,19)/b10-6-. The van der Waals surface area contributed by atoms with Crippen LogP contribution in [0.2, 0.25) is 5.02 Å². The van der Waals surface area contributed by atoms with Gasteiger partial charge in [-0.1, -0.05) is 29.8 Å². The molecule has 100 valence electrons. The fourth-order valence-electron chi connectivity index (χ4n) is 2.13. The number of nitrogens with two attached hydrogens (primary N) is 2. The van der Waals surface area contributed by atoms with Crippen LogP contribution in [0, 0.1) is 11.3 Å². The molecule has 1 unspecified atom stereocenters. The van der Waals surface area contributed by atoms with E-state index in [0.29, 0.717) is 22.4 Å². The van der Waals surface area contributed by atoms with Crippen LogP contribution < -0.4 is 11.5 Å². The number of rotatable bonds is 2. The summed E-state index contributed by atoms with van der Waals surface area (Å²) in [5, 5.41) is 9.79. The van der Waals surface area contributed by atoms with Gasteiger partial charge in [0.2, 0.25) is 0 Å². The highest BCUT2D eigenvalue weighted by Gasteiger charge is 2.31. The van der Waals surface area contributed by atoms with E-state index in [1.54, 1.807) is 24.3 Å². The molecule has 0 aliphatic carbocycles. The number of nitrogens with zero attached hydrogens (tertiary/aromatic N) is 2. The van der Waals surface area contributed by atoms with Crippen molar-refractivity contribution in [2.75, 3.05) is 0 Å². The normalized spacial score (nSPS) is 20.5. The molecule has 0 bridgehead atoms. The Morgan fingerprint density at radius 3 is 2.65 bits per heavy atom. The molecule has 1 aromatic rings. The summed E-state index contributed by atoms with van der Waals surface area (Å²) >= 11 is 6.17. The highest BCUT2D eigenvalue weighted by Crippen LogP contribution is 2.39. The lowest BCUT2D eigenvalue weighted by Gasteiger charge is -2.24. The number of carbonyl (C=O) groups excluding carboxylic acids is 1. The Balaban J connectivity index is 2.74. The van der Waals surface area contributed by atoms with Crippen LogP contribution in [0.25, 0.3) is 0 Å². The molecule has 5 nitrogen and oxygen atoms in total. The molecule has 0 fully saturated rings. The Bertz CT molecular complexity index is 697. The highest BCUT2D eigenvalue weighted by molar-refractivity contribution is 6.31. The first-order valence-corrected chi connectivity index (χ1v) is 6.12. The van der Waals surface area contributed by atoms with E-state index in [1.165, 1.54) is 6.20 Å². The molecule has 0 spiro atoms. The predicted molar refractivity (Wildman–Crippen MR) is 76.8 cm³/mol. The largest absolute Gasteiger partial charge is 0.404 e. The fraction of sp³-hybridized carbons (Fsp3) is 0.0714. The van der Waals surface area contributed by atoms with Gasteiger partial charge in [-0.3, -0.25) is 4.79 Å². The maximum Gasteiger partial charge on any atom is 0.169 e. The highest BCUT2D eigenvalue weighted by atomic mass is 35.5. The number of carbonyl (C=O) groups is 1. The van der Waals surface area contributed by atoms with Gasteiger partial charge in [0, 0.05) is 16.8 Å². The van der Waals surface area contributed by atoms with Gasteiger partial charge in [0.15, 0.2) is 6.29 Å². The number of hydrogen-bond acceptors (Lipinski definition) is 5. The number of aldehydes is 1. The molecule has 0 amide bonds. The van der Waals surface area contributed by atoms with E-state index in [0.717, 1.165) is 0 Å². The van der Waals surface area contributed by atoms with Crippen molar-refractivity contribution < 1.29 is 4.79 Å². The molecule has 1 aromatic carbocycles. The van der Waals surface area contributed by atoms with E-state index in [9.17, 15) is 10.1 Å². The summed E-state index contributed by atoms with van der Waals surface area (Å²) in [5.41, 5.74) is 12.7. The smallest absolute Gasteiger partial charge is 0.169 e. The Morgan fingerprint density at radius 1 is 1.40 bits per heavy atom. The molecule has 0 saturated heterocycles. The van der Waals surface area contributed by atoms with Crippen molar-refractivity contribution in [2.24, 2.45) is 16.5 Å². The SMILES string of the molecule is N#CC1=C(C=O)N=C(N)/C(=C\N)C1c1ccccc1Cl. The van der Waals surface area contributed by atoms with Crippen LogP contribution in [0.4, 0.5) is 0 Å². The van der Waals surface area contributed by atoms with E-state index < -0.39 is 5.92 Å². The van der Waals surface area contributed by atoms with Crippen molar-refractivity contribution in [1.29, 1.82) is 5.26 Å². The van der Waals surface area contributed by atoms with Gasteiger partial charge in [-0.25, -0.2) is 4.99 Å². The Labute approximate surface area is 120 Å². The van der Waals surface area contributed by atoms with Crippen molar-refractivity contribution in [3.8, 4) is 6.07 Å². The summed E-state index contributed by atoms with van der Waals surface area (Å²) in [6, 6.07) is 9.01. The second kappa shape index (κ2) is 5.59. The molecule has 0 saturated carbocycles. The molecule has 1 aliphatic heterocycles. The van der Waals surface area contributed by atoms with Gasteiger partial charge in [-0.05, 0) is 11.6 Å². The van der Waals surface area contributed by atoms with Crippen LogP contribution >= 0.6 is 11.6 Å². The molecule has 4 N–H and O–H groups in total. The number of halogens is 1. The Morgan fingerprint density at radius 2 is 2.10 bits per heavy atom. The Hall–Kier alpha value is -2.58. The second-order valence-electron chi connectivity index (χ2n) is 4.10. The molecule has 20 heavy (non-hydrogen) atoms. The summed E-state index contributed by atoms with van der Waals surface area (Å²) in [7, 11) is 0. The molecule has 6 heteroatoms. The van der Waals surface area contributed by atoms with Crippen LogP contribution in [-0.2, 0) is 4.79 Å². The first-order chi connectivity index (χ1) is 9.63. The lowest BCUT2D eigenvalue weighted by molar-refractivity contribution is -0.105. The van der Waals surface area contributed by atoms with Crippen molar-refractivity contribution in [2.45, 2.75) is 5.92 Å². The average molecular weight is 287 g/mol. The number of benzene rings is 1. The molecule has 1 aliphatic rings. The number of aliphatic imine (C=N–C) groups is 1. The molecular weight excluding hydrogens is 276 g/mol. The zero-order valence-corrected chi connectivity index (χ0v) is 11.1. The lowest BCUT2D eigenvalue weighted by atomic mass is 9.82. The van der Waals surface area contributed by atoms with Crippen LogP contribution in [-0.4, -0.2) is 12.1 Å². The summed E-state index contributed by atoms with van der Waals surface area (Å²) in [4.78, 5) is 15.0. The summed E-state index contributed by atoms with van der Waals surface area (Å²) in [6.07, 6.45) is 1.79. The van der Waals surface area contributed by atoms with E-state index in [4.69, 9.17) is 23.1 Å². The van der Waals surface area contributed by atoms with Crippen molar-refractivity contribution in [3.63, 3.8) is 0 Å². The number of amidine groups is 1. The van der Waals surface area contributed by atoms with Crippen molar-refractivity contribution in [1.82, 2.24) is 0 Å². The molecule has 0 radical (unpaired) electrons. The van der Waals surface area contributed by atoms with Gasteiger partial charge < -0.3 is 11.5 Å². The third kappa shape index (κ3) is 2.17. The van der Waals surface area contributed by atoms with Crippen LogP contribution in [0.3, 0.4) is 0 Å². The van der Waals surface area contributed by atoms with E-state index in [1.807, 2.05) is 6.07 Å². The first-order valence-electron chi connectivity index (χ1n) is 5.74. The van der Waals surface area contributed by atoms with Gasteiger partial charge >= 0.3 is 0 Å². The number of nitriles is 1. The molecule has 1 heterocycles. The van der Waals surface area contributed by atoms with Gasteiger partial charge in [0.25, 0.3) is 0 Å². The topological polar surface area (TPSA) is 105 Å². The minimum atomic E-state index is -0.587.